The molecule has 0 radical (unpaired) electrons. The Labute approximate surface area is 183 Å². The zero-order valence-electron chi connectivity index (χ0n) is 17.2. The van der Waals surface area contributed by atoms with E-state index in [1.165, 1.54) is 11.3 Å². The maximum Gasteiger partial charge on any atom is 0.243 e. The summed E-state index contributed by atoms with van der Waals surface area (Å²) in [6.07, 6.45) is 2.32. The number of thiazole rings is 1. The van der Waals surface area contributed by atoms with Crippen LogP contribution in [0.25, 0.3) is 11.3 Å². The van der Waals surface area contributed by atoms with Crippen LogP contribution in [-0.4, -0.2) is 48.2 Å². The van der Waals surface area contributed by atoms with E-state index in [-0.39, 0.29) is 7.33 Å². The number of aromatic nitrogens is 1. The fraction of sp³-hybridized carbons (Fsp3) is 0.500. The van der Waals surface area contributed by atoms with Gasteiger partial charge in [-0.25, -0.2) is 13.4 Å². The maximum absolute atomic E-state index is 12.7. The van der Waals surface area contributed by atoms with E-state index in [9.17, 15) is 13.2 Å². The SMILES string of the molecule is CC.CCCCC(=O)Nc1nc(-c2ccc(S(=O)(=O)N3CCSCC3)cc2)cs1.[HH]. The van der Waals surface area contributed by atoms with E-state index in [1.54, 1.807) is 40.3 Å². The van der Waals surface area contributed by atoms with E-state index < -0.39 is 10.0 Å². The van der Waals surface area contributed by atoms with Crippen LogP contribution in [0.4, 0.5) is 5.13 Å². The number of carbonyl (C=O) groups is 1. The monoisotopic (exact) mass is 457 g/mol. The Kier molecular flexibility index (Phi) is 9.61. The average Bonchev–Trinajstić information content (AvgIpc) is 3.23. The molecule has 6 nitrogen and oxygen atoms in total. The molecule has 1 amide bonds. The Hall–Kier alpha value is -1.42. The fourth-order valence-corrected chi connectivity index (χ4v) is 6.03. The highest BCUT2D eigenvalue weighted by molar-refractivity contribution is 7.99. The minimum Gasteiger partial charge on any atom is -0.302 e. The summed E-state index contributed by atoms with van der Waals surface area (Å²) in [5.41, 5.74) is 1.55. The minimum atomic E-state index is -3.44. The average molecular weight is 458 g/mol. The van der Waals surface area contributed by atoms with Gasteiger partial charge in [0, 0.05) is 43.4 Å². The second-order valence-corrected chi connectivity index (χ2v) is 10.3. The Bertz CT molecular complexity index is 880. The summed E-state index contributed by atoms with van der Waals surface area (Å²) >= 11 is 3.14. The van der Waals surface area contributed by atoms with Crippen LogP contribution in [-0.2, 0) is 14.8 Å². The lowest BCUT2D eigenvalue weighted by Crippen LogP contribution is -2.37. The zero-order chi connectivity index (χ0) is 21.3. The van der Waals surface area contributed by atoms with Gasteiger partial charge in [-0.1, -0.05) is 39.3 Å². The Morgan fingerprint density at radius 3 is 2.48 bits per heavy atom. The van der Waals surface area contributed by atoms with E-state index in [4.69, 9.17) is 0 Å². The molecule has 1 aliphatic heterocycles. The lowest BCUT2D eigenvalue weighted by Gasteiger charge is -2.25. The number of nitrogens with zero attached hydrogens (tertiary/aromatic N) is 2. The number of benzene rings is 1. The Morgan fingerprint density at radius 2 is 1.86 bits per heavy atom. The van der Waals surface area contributed by atoms with Crippen molar-refractivity contribution in [3.05, 3.63) is 29.6 Å². The molecule has 2 heterocycles. The second kappa shape index (κ2) is 11.7. The number of nitrogens with one attached hydrogen (secondary N) is 1. The molecule has 2 aromatic rings. The molecular formula is C20H31N3O3S3. The summed E-state index contributed by atoms with van der Waals surface area (Å²) in [5.74, 6) is 1.64. The van der Waals surface area contributed by atoms with E-state index in [0.29, 0.717) is 29.5 Å². The highest BCUT2D eigenvalue weighted by Gasteiger charge is 2.26. The van der Waals surface area contributed by atoms with Crippen LogP contribution >= 0.6 is 23.1 Å². The molecule has 9 heteroatoms. The van der Waals surface area contributed by atoms with Crippen molar-refractivity contribution in [1.82, 2.24) is 9.29 Å². The first-order valence-electron chi connectivity index (χ1n) is 9.94. The molecule has 3 rings (SSSR count). The van der Waals surface area contributed by atoms with Gasteiger partial charge in [-0.15, -0.1) is 11.3 Å². The number of rotatable bonds is 7. The van der Waals surface area contributed by atoms with Crippen LogP contribution in [0.15, 0.2) is 34.5 Å². The predicted octanol–water partition coefficient (Wildman–Crippen LogP) is 4.95. The third-order valence-electron chi connectivity index (χ3n) is 4.27. The van der Waals surface area contributed by atoms with Gasteiger partial charge in [0.2, 0.25) is 15.9 Å². The molecule has 0 aliphatic carbocycles. The molecule has 0 bridgehead atoms. The molecule has 162 valence electrons. The maximum atomic E-state index is 12.7. The van der Waals surface area contributed by atoms with Crippen LogP contribution in [0.2, 0.25) is 0 Å². The first-order valence-corrected chi connectivity index (χ1v) is 13.4. The first-order chi connectivity index (χ1) is 14.0. The van der Waals surface area contributed by atoms with E-state index in [1.807, 2.05) is 26.2 Å². The molecule has 1 aromatic carbocycles. The molecule has 1 saturated heterocycles. The number of hydrogen-bond donors (Lipinski definition) is 1. The van der Waals surface area contributed by atoms with Crippen LogP contribution in [0.1, 0.15) is 41.5 Å². The lowest BCUT2D eigenvalue weighted by atomic mass is 10.2. The topological polar surface area (TPSA) is 79.4 Å². The number of anilines is 1. The molecule has 29 heavy (non-hydrogen) atoms. The third-order valence-corrected chi connectivity index (χ3v) is 7.88. The largest absolute Gasteiger partial charge is 0.302 e. The molecule has 1 aliphatic rings. The van der Waals surface area contributed by atoms with Gasteiger partial charge in [0.05, 0.1) is 10.6 Å². The number of unbranched alkanes of at least 4 members (excludes halogenated alkanes) is 1. The molecule has 1 N–H and O–H groups in total. The Morgan fingerprint density at radius 1 is 1.21 bits per heavy atom. The van der Waals surface area contributed by atoms with Crippen molar-refractivity contribution in [1.29, 1.82) is 0 Å². The molecule has 0 spiro atoms. The van der Waals surface area contributed by atoms with E-state index >= 15 is 0 Å². The van der Waals surface area contributed by atoms with E-state index in [0.717, 1.165) is 35.6 Å². The predicted molar refractivity (Wildman–Crippen MR) is 125 cm³/mol. The smallest absolute Gasteiger partial charge is 0.243 e. The first kappa shape index (κ1) is 23.9. The molecular weight excluding hydrogens is 426 g/mol. The number of amides is 1. The second-order valence-electron chi connectivity index (χ2n) is 6.23. The minimum absolute atomic E-state index is 0. The zero-order valence-corrected chi connectivity index (χ0v) is 19.6. The van der Waals surface area contributed by atoms with Crippen LogP contribution in [0.5, 0.6) is 0 Å². The van der Waals surface area contributed by atoms with Gasteiger partial charge in [-0.3, -0.25) is 4.79 Å². The highest BCUT2D eigenvalue weighted by atomic mass is 32.2. The Balaban J connectivity index is 0.00000146. The van der Waals surface area contributed by atoms with Crippen molar-refractivity contribution in [2.75, 3.05) is 29.9 Å². The summed E-state index contributed by atoms with van der Waals surface area (Å²) < 4.78 is 27.0. The van der Waals surface area contributed by atoms with Crippen molar-refractivity contribution in [2.24, 2.45) is 0 Å². The van der Waals surface area contributed by atoms with Crippen molar-refractivity contribution >= 4 is 44.2 Å². The van der Waals surface area contributed by atoms with Gasteiger partial charge in [0.1, 0.15) is 0 Å². The van der Waals surface area contributed by atoms with Gasteiger partial charge in [-0.05, 0) is 18.6 Å². The summed E-state index contributed by atoms with van der Waals surface area (Å²) in [7, 11) is -3.44. The van der Waals surface area contributed by atoms with Gasteiger partial charge >= 0.3 is 0 Å². The van der Waals surface area contributed by atoms with Gasteiger partial charge in [0.25, 0.3) is 0 Å². The van der Waals surface area contributed by atoms with E-state index in [2.05, 4.69) is 10.3 Å². The molecule has 1 aromatic heterocycles. The van der Waals surface area contributed by atoms with Crippen molar-refractivity contribution in [3.8, 4) is 11.3 Å². The van der Waals surface area contributed by atoms with Crippen LogP contribution in [0.3, 0.4) is 0 Å². The van der Waals surface area contributed by atoms with Gasteiger partial charge < -0.3 is 5.32 Å². The van der Waals surface area contributed by atoms with Gasteiger partial charge in [0.15, 0.2) is 5.13 Å². The molecule has 0 unspecified atom stereocenters. The summed E-state index contributed by atoms with van der Waals surface area (Å²) in [4.78, 5) is 16.5. The molecule has 0 saturated carbocycles. The standard InChI is InChI=1S/C18H23N3O3S3.C2H6.H2/c1-2-3-4-17(22)20-18-19-16(13-26-18)14-5-7-15(8-6-14)27(23,24)21-9-11-25-12-10-21;1-2;/h5-8,13H,2-4,9-12H2,1H3,(H,19,20,22);1-2H3;1H. The van der Waals surface area contributed by atoms with Crippen LogP contribution < -0.4 is 5.32 Å². The van der Waals surface area contributed by atoms with Gasteiger partial charge in [-0.2, -0.15) is 16.1 Å². The number of thioether (sulfide) groups is 1. The quantitative estimate of drug-likeness (QED) is 0.636. The van der Waals surface area contributed by atoms with Crippen molar-refractivity contribution in [3.63, 3.8) is 0 Å². The van der Waals surface area contributed by atoms with Crippen molar-refractivity contribution in [2.45, 2.75) is 44.9 Å². The summed E-state index contributed by atoms with van der Waals surface area (Å²) in [5, 5.41) is 5.23. The summed E-state index contributed by atoms with van der Waals surface area (Å²) in [6.45, 7) is 7.16. The number of sulfonamides is 1. The number of carbonyl (C=O) groups excluding carboxylic acids is 1. The molecule has 0 atom stereocenters. The summed E-state index contributed by atoms with van der Waals surface area (Å²) in [6, 6.07) is 6.79. The van der Waals surface area contributed by atoms with Crippen molar-refractivity contribution < 1.29 is 14.6 Å². The fourth-order valence-electron chi connectivity index (χ4n) is 2.72. The lowest BCUT2D eigenvalue weighted by molar-refractivity contribution is -0.116. The highest BCUT2D eigenvalue weighted by Crippen LogP contribution is 2.27. The number of hydrogen-bond acceptors (Lipinski definition) is 6. The third kappa shape index (κ3) is 6.53. The normalized spacial score (nSPS) is 14.7. The van der Waals surface area contributed by atoms with Crippen LogP contribution in [0, 0.1) is 0 Å². The molecule has 1 fully saturated rings.